The van der Waals surface area contributed by atoms with E-state index in [9.17, 15) is 18.0 Å². The second-order valence-corrected chi connectivity index (χ2v) is 9.12. The summed E-state index contributed by atoms with van der Waals surface area (Å²) in [4.78, 5) is 27.0. The van der Waals surface area contributed by atoms with Gasteiger partial charge in [-0.3, -0.25) is 4.99 Å². The van der Waals surface area contributed by atoms with Crippen LogP contribution in [0, 0.1) is 5.92 Å². The van der Waals surface area contributed by atoms with Crippen LogP contribution >= 0.6 is 0 Å². The summed E-state index contributed by atoms with van der Waals surface area (Å²) in [5, 5.41) is 5.01. The predicted molar refractivity (Wildman–Crippen MR) is 104 cm³/mol. The van der Waals surface area contributed by atoms with E-state index < -0.39 is 32.7 Å². The number of hydrogen-bond acceptors (Lipinski definition) is 8. The molecular weight excluding hydrogens is 390 g/mol. The Kier molecular flexibility index (Phi) is 8.09. The molecule has 0 aromatic carbocycles. The lowest BCUT2D eigenvalue weighted by molar-refractivity contribution is 0.0513. The van der Waals surface area contributed by atoms with Gasteiger partial charge < -0.3 is 25.8 Å². The first-order chi connectivity index (χ1) is 12.8. The first kappa shape index (κ1) is 23.5. The monoisotopic (exact) mass is 419 g/mol. The van der Waals surface area contributed by atoms with Crippen LogP contribution in [0.25, 0.3) is 0 Å². The Labute approximate surface area is 165 Å². The van der Waals surface area contributed by atoms with Crippen LogP contribution in [0.15, 0.2) is 16.1 Å². The lowest BCUT2D eigenvalue weighted by Gasteiger charge is -2.24. The minimum Gasteiger partial charge on any atom is -0.476 e. The standard InChI is InChI=1S/C16H29N5O6S/c1-10(2)20-14(22)21-28(24,25)12(6-17)13-18-7-11(9-26-13)8-19-15(23)27-16(3,4)5/h6,10-11H,7-9,17H2,1-5H3,(H,19,23)(H2,20,21,22). The molecule has 0 spiro atoms. The Morgan fingerprint density at radius 3 is 2.50 bits per heavy atom. The Hall–Kier alpha value is -2.50. The smallest absolute Gasteiger partial charge is 0.407 e. The van der Waals surface area contributed by atoms with E-state index in [-0.39, 0.29) is 37.6 Å². The number of carbonyl (C=O) groups excluding carboxylic acids is 2. The van der Waals surface area contributed by atoms with Gasteiger partial charge in [-0.25, -0.2) is 22.7 Å². The largest absolute Gasteiger partial charge is 0.476 e. The van der Waals surface area contributed by atoms with Crippen LogP contribution in [0.5, 0.6) is 0 Å². The molecule has 0 aliphatic carbocycles. The molecule has 1 unspecified atom stereocenters. The number of ether oxygens (including phenoxy) is 2. The number of hydrogen-bond donors (Lipinski definition) is 4. The summed E-state index contributed by atoms with van der Waals surface area (Å²) in [7, 11) is -4.25. The lowest BCUT2D eigenvalue weighted by Crippen LogP contribution is -2.44. The molecule has 1 aliphatic rings. The maximum atomic E-state index is 12.3. The molecule has 3 amide bonds. The summed E-state index contributed by atoms with van der Waals surface area (Å²) >= 11 is 0. The molecule has 0 saturated heterocycles. The zero-order chi connectivity index (χ0) is 21.5. The van der Waals surface area contributed by atoms with Crippen molar-refractivity contribution in [1.82, 2.24) is 15.4 Å². The zero-order valence-electron chi connectivity index (χ0n) is 16.7. The second kappa shape index (κ2) is 9.62. The number of carbonyl (C=O) groups is 2. The highest BCUT2D eigenvalue weighted by Crippen LogP contribution is 2.14. The summed E-state index contributed by atoms with van der Waals surface area (Å²) in [5.41, 5.74) is 4.80. The Morgan fingerprint density at radius 1 is 1.39 bits per heavy atom. The highest BCUT2D eigenvalue weighted by atomic mass is 32.2. The van der Waals surface area contributed by atoms with E-state index in [1.807, 2.05) is 4.72 Å². The maximum absolute atomic E-state index is 12.3. The van der Waals surface area contributed by atoms with E-state index in [4.69, 9.17) is 15.2 Å². The number of alkyl carbamates (subject to hydrolysis) is 1. The molecule has 1 heterocycles. The molecule has 0 saturated carbocycles. The summed E-state index contributed by atoms with van der Waals surface area (Å²) in [6.07, 6.45) is 0.246. The minimum absolute atomic E-state index is 0.111. The van der Waals surface area contributed by atoms with Crippen LogP contribution in [0.2, 0.25) is 0 Å². The lowest BCUT2D eigenvalue weighted by atomic mass is 10.1. The fourth-order valence-electron chi connectivity index (χ4n) is 2.07. The van der Waals surface area contributed by atoms with Crippen LogP contribution in [0.4, 0.5) is 9.59 Å². The average Bonchev–Trinajstić information content (AvgIpc) is 2.51. The SMILES string of the molecule is CC(C)NC(=O)NS(=O)(=O)C(=CN)C1=NCC(CNC(=O)OC(C)(C)C)CO1. The van der Waals surface area contributed by atoms with Gasteiger partial charge in [0.1, 0.15) is 5.60 Å². The van der Waals surface area contributed by atoms with Crippen molar-refractivity contribution < 1.29 is 27.5 Å². The van der Waals surface area contributed by atoms with Gasteiger partial charge in [0.2, 0.25) is 5.90 Å². The highest BCUT2D eigenvalue weighted by molar-refractivity contribution is 7.94. The molecule has 160 valence electrons. The van der Waals surface area contributed by atoms with Crippen molar-refractivity contribution in [2.75, 3.05) is 19.7 Å². The Bertz CT molecular complexity index is 739. The molecule has 12 heteroatoms. The van der Waals surface area contributed by atoms with Crippen molar-refractivity contribution in [3.63, 3.8) is 0 Å². The van der Waals surface area contributed by atoms with Crippen molar-refractivity contribution in [2.24, 2.45) is 16.6 Å². The third kappa shape index (κ3) is 8.03. The minimum atomic E-state index is -4.25. The van der Waals surface area contributed by atoms with E-state index in [2.05, 4.69) is 15.6 Å². The molecule has 0 aromatic rings. The van der Waals surface area contributed by atoms with E-state index in [0.717, 1.165) is 6.20 Å². The van der Waals surface area contributed by atoms with Gasteiger partial charge >= 0.3 is 12.1 Å². The Morgan fingerprint density at radius 2 is 2.04 bits per heavy atom. The number of nitrogens with zero attached hydrogens (tertiary/aromatic N) is 1. The summed E-state index contributed by atoms with van der Waals surface area (Å²) in [5.74, 6) is -0.365. The van der Waals surface area contributed by atoms with E-state index in [0.29, 0.717) is 0 Å². The van der Waals surface area contributed by atoms with Crippen molar-refractivity contribution >= 4 is 28.0 Å². The molecule has 0 aromatic heterocycles. The molecule has 5 N–H and O–H groups in total. The molecule has 28 heavy (non-hydrogen) atoms. The third-order valence-corrected chi connectivity index (χ3v) is 4.53. The Balaban J connectivity index is 2.67. The first-order valence-corrected chi connectivity index (χ1v) is 10.2. The van der Waals surface area contributed by atoms with E-state index in [1.165, 1.54) is 0 Å². The van der Waals surface area contributed by atoms with Crippen molar-refractivity contribution in [3.8, 4) is 0 Å². The molecule has 1 rings (SSSR count). The van der Waals surface area contributed by atoms with Crippen molar-refractivity contribution in [2.45, 2.75) is 46.3 Å². The van der Waals surface area contributed by atoms with E-state index >= 15 is 0 Å². The number of amides is 3. The van der Waals surface area contributed by atoms with Gasteiger partial charge in [-0.15, -0.1) is 0 Å². The number of nitrogens with one attached hydrogen (secondary N) is 3. The molecule has 11 nitrogen and oxygen atoms in total. The number of sulfonamides is 1. The van der Waals surface area contributed by atoms with Crippen molar-refractivity contribution in [3.05, 3.63) is 11.1 Å². The molecule has 0 radical (unpaired) electrons. The fourth-order valence-corrected chi connectivity index (χ4v) is 3.01. The summed E-state index contributed by atoms with van der Waals surface area (Å²) < 4.78 is 37.0. The number of nitrogens with two attached hydrogens (primary N) is 1. The average molecular weight is 420 g/mol. The van der Waals surface area contributed by atoms with Crippen molar-refractivity contribution in [1.29, 1.82) is 0 Å². The van der Waals surface area contributed by atoms with Gasteiger partial charge in [0.05, 0.1) is 13.2 Å². The van der Waals surface area contributed by atoms with E-state index in [1.54, 1.807) is 34.6 Å². The molecular formula is C16H29N5O6S. The topological polar surface area (TPSA) is 161 Å². The van der Waals surface area contributed by atoms with Crippen LogP contribution < -0.4 is 21.1 Å². The zero-order valence-corrected chi connectivity index (χ0v) is 17.6. The van der Waals surface area contributed by atoms with Gasteiger partial charge in [0, 0.05) is 24.7 Å². The number of urea groups is 1. The summed E-state index contributed by atoms with van der Waals surface area (Å²) in [6, 6.07) is -1.13. The normalized spacial score (nSPS) is 18.0. The molecule has 0 bridgehead atoms. The van der Waals surface area contributed by atoms with Crippen LogP contribution in [-0.4, -0.2) is 57.8 Å². The van der Waals surface area contributed by atoms with Gasteiger partial charge in [-0.1, -0.05) is 0 Å². The molecule has 0 fully saturated rings. The number of rotatable bonds is 6. The van der Waals surface area contributed by atoms with Gasteiger partial charge in [0.15, 0.2) is 4.91 Å². The quantitative estimate of drug-likeness (QED) is 0.484. The highest BCUT2D eigenvalue weighted by Gasteiger charge is 2.30. The third-order valence-electron chi connectivity index (χ3n) is 3.18. The molecule has 1 atom stereocenters. The molecule has 1 aliphatic heterocycles. The summed E-state index contributed by atoms with van der Waals surface area (Å²) in [6.45, 7) is 9.19. The second-order valence-electron chi connectivity index (χ2n) is 7.47. The van der Waals surface area contributed by atoms with Crippen LogP contribution in [0.1, 0.15) is 34.6 Å². The first-order valence-electron chi connectivity index (χ1n) is 8.73. The van der Waals surface area contributed by atoms with Gasteiger partial charge in [-0.2, -0.15) is 0 Å². The van der Waals surface area contributed by atoms with Gasteiger partial charge in [-0.05, 0) is 34.6 Å². The fraction of sp³-hybridized carbons (Fsp3) is 0.688. The number of aliphatic imine (C=N–C) groups is 1. The predicted octanol–water partition coefficient (Wildman–Crippen LogP) is 0.394. The maximum Gasteiger partial charge on any atom is 0.407 e. The van der Waals surface area contributed by atoms with Crippen LogP contribution in [0.3, 0.4) is 0 Å². The van der Waals surface area contributed by atoms with Crippen LogP contribution in [-0.2, 0) is 19.5 Å². The van der Waals surface area contributed by atoms with Gasteiger partial charge in [0.25, 0.3) is 10.0 Å².